The maximum Gasteiger partial charge on any atom is 0.305 e. The minimum atomic E-state index is -0.0992. The molecule has 0 saturated carbocycles. The van der Waals surface area contributed by atoms with Gasteiger partial charge in [-0.3, -0.25) is 4.79 Å². The zero-order chi connectivity index (χ0) is 19.8. The lowest BCUT2D eigenvalue weighted by Gasteiger charge is -2.07. The fourth-order valence-corrected chi connectivity index (χ4v) is 2.87. The minimum absolute atomic E-state index is 0.0992. The summed E-state index contributed by atoms with van der Waals surface area (Å²) in [5.74, 6) is -0.0992. The first kappa shape index (κ1) is 26.4. The van der Waals surface area contributed by atoms with Crippen LogP contribution in [0, 0.1) is 0 Å². The molecule has 0 unspecified atom stereocenters. The van der Waals surface area contributed by atoms with Gasteiger partial charge in [-0.05, 0) is 32.9 Å². The van der Waals surface area contributed by atoms with Gasteiger partial charge in [-0.1, -0.05) is 64.7 Å². The Labute approximate surface area is 167 Å². The van der Waals surface area contributed by atoms with Crippen LogP contribution in [0.4, 0.5) is 0 Å². The molecule has 0 aromatic heterocycles. The molecule has 0 spiro atoms. The van der Waals surface area contributed by atoms with Crippen molar-refractivity contribution in [1.82, 2.24) is 5.32 Å². The van der Waals surface area contributed by atoms with Gasteiger partial charge in [-0.2, -0.15) is 0 Å². The van der Waals surface area contributed by atoms with Gasteiger partial charge in [0.2, 0.25) is 0 Å². The predicted octanol–water partition coefficient (Wildman–Crippen LogP) is 4.87. The van der Waals surface area contributed by atoms with E-state index in [9.17, 15) is 4.79 Å². The van der Waals surface area contributed by atoms with Crippen LogP contribution in [0.2, 0.25) is 0 Å². The van der Waals surface area contributed by atoms with E-state index in [0.717, 1.165) is 32.4 Å². The van der Waals surface area contributed by atoms with E-state index in [1.165, 1.54) is 57.8 Å². The van der Waals surface area contributed by atoms with Crippen molar-refractivity contribution in [3.8, 4) is 0 Å². The normalized spacial score (nSPS) is 11.0. The summed E-state index contributed by atoms with van der Waals surface area (Å²) >= 11 is 0. The van der Waals surface area contributed by atoms with Crippen molar-refractivity contribution in [2.45, 2.75) is 90.4 Å². The van der Waals surface area contributed by atoms with Crippen molar-refractivity contribution in [2.75, 3.05) is 46.6 Å². The first-order valence-electron chi connectivity index (χ1n) is 11.3. The minimum Gasteiger partial charge on any atom is -0.463 e. The third-order valence-corrected chi connectivity index (χ3v) is 4.56. The Bertz CT molecular complexity index is 300. The summed E-state index contributed by atoms with van der Waals surface area (Å²) in [7, 11) is 2.00. The summed E-state index contributed by atoms with van der Waals surface area (Å²) in [6.45, 7) is 6.14. The molecule has 0 fully saturated rings. The van der Waals surface area contributed by atoms with Gasteiger partial charge in [0.15, 0.2) is 0 Å². The summed E-state index contributed by atoms with van der Waals surface area (Å²) in [6.07, 6.45) is 15.2. The van der Waals surface area contributed by atoms with E-state index in [1.807, 2.05) is 7.05 Å². The van der Waals surface area contributed by atoms with Gasteiger partial charge in [0.25, 0.3) is 0 Å². The second-order valence-electron chi connectivity index (χ2n) is 7.19. The third kappa shape index (κ3) is 23.3. The molecule has 27 heavy (non-hydrogen) atoms. The standard InChI is InChI=1S/C22H45NO4/c1-3-4-5-14-17-25-18-19-26-20-21-27-22(24)15-12-10-8-6-7-9-11-13-16-23-2/h23H,3-21H2,1-2H3. The Morgan fingerprint density at radius 1 is 0.667 bits per heavy atom. The van der Waals surface area contributed by atoms with Crippen LogP contribution < -0.4 is 5.32 Å². The molecule has 0 aliphatic carbocycles. The number of ether oxygens (including phenoxy) is 3. The zero-order valence-corrected chi connectivity index (χ0v) is 18.1. The average molecular weight is 388 g/mol. The highest BCUT2D eigenvalue weighted by Crippen LogP contribution is 2.09. The Hall–Kier alpha value is -0.650. The van der Waals surface area contributed by atoms with Crippen molar-refractivity contribution >= 4 is 5.97 Å². The van der Waals surface area contributed by atoms with Crippen LogP contribution in [0.1, 0.15) is 90.4 Å². The maximum atomic E-state index is 11.6. The number of carbonyl (C=O) groups excluding carboxylic acids is 1. The maximum absolute atomic E-state index is 11.6. The Morgan fingerprint density at radius 3 is 1.89 bits per heavy atom. The second kappa shape index (κ2) is 23.4. The molecular weight excluding hydrogens is 342 g/mol. The summed E-state index contributed by atoms with van der Waals surface area (Å²) in [5.41, 5.74) is 0. The topological polar surface area (TPSA) is 56.8 Å². The van der Waals surface area contributed by atoms with Crippen LogP contribution in [0.5, 0.6) is 0 Å². The quantitative estimate of drug-likeness (QED) is 0.212. The SMILES string of the molecule is CCCCCCOCCOCCOC(=O)CCCCCCCCCCNC. The van der Waals surface area contributed by atoms with E-state index in [2.05, 4.69) is 12.2 Å². The molecule has 0 heterocycles. The number of rotatable bonds is 22. The highest BCUT2D eigenvalue weighted by atomic mass is 16.6. The Balaban J connectivity index is 3.13. The lowest BCUT2D eigenvalue weighted by atomic mass is 10.1. The lowest BCUT2D eigenvalue weighted by Crippen LogP contribution is -2.13. The summed E-state index contributed by atoms with van der Waals surface area (Å²) in [4.78, 5) is 11.6. The molecule has 1 N–H and O–H groups in total. The van der Waals surface area contributed by atoms with E-state index >= 15 is 0 Å². The Morgan fingerprint density at radius 2 is 1.22 bits per heavy atom. The number of hydrogen-bond donors (Lipinski definition) is 1. The van der Waals surface area contributed by atoms with Crippen molar-refractivity contribution in [1.29, 1.82) is 0 Å². The molecule has 0 aromatic carbocycles. The highest BCUT2D eigenvalue weighted by Gasteiger charge is 2.02. The van der Waals surface area contributed by atoms with Crippen LogP contribution >= 0.6 is 0 Å². The van der Waals surface area contributed by atoms with E-state index < -0.39 is 0 Å². The van der Waals surface area contributed by atoms with Gasteiger partial charge in [0.1, 0.15) is 6.61 Å². The highest BCUT2D eigenvalue weighted by molar-refractivity contribution is 5.69. The molecule has 0 radical (unpaired) electrons. The molecule has 5 heteroatoms. The molecule has 0 atom stereocenters. The molecule has 5 nitrogen and oxygen atoms in total. The molecule has 0 rings (SSSR count). The molecule has 162 valence electrons. The van der Waals surface area contributed by atoms with E-state index in [1.54, 1.807) is 0 Å². The number of hydrogen-bond acceptors (Lipinski definition) is 5. The monoisotopic (exact) mass is 387 g/mol. The molecule has 0 amide bonds. The fourth-order valence-electron chi connectivity index (χ4n) is 2.87. The molecule has 0 aromatic rings. The van der Waals surface area contributed by atoms with Gasteiger partial charge in [-0.25, -0.2) is 0 Å². The third-order valence-electron chi connectivity index (χ3n) is 4.56. The van der Waals surface area contributed by atoms with Crippen molar-refractivity contribution in [3.63, 3.8) is 0 Å². The second-order valence-corrected chi connectivity index (χ2v) is 7.19. The van der Waals surface area contributed by atoms with E-state index in [-0.39, 0.29) is 5.97 Å². The average Bonchev–Trinajstić information content (AvgIpc) is 2.67. The molecule has 0 aliphatic rings. The smallest absolute Gasteiger partial charge is 0.305 e. The molecular formula is C22H45NO4. The fraction of sp³-hybridized carbons (Fsp3) is 0.955. The van der Waals surface area contributed by atoms with Gasteiger partial charge in [0, 0.05) is 13.0 Å². The van der Waals surface area contributed by atoms with Crippen molar-refractivity contribution in [2.24, 2.45) is 0 Å². The van der Waals surface area contributed by atoms with Crippen molar-refractivity contribution in [3.05, 3.63) is 0 Å². The van der Waals surface area contributed by atoms with Crippen LogP contribution in [0.3, 0.4) is 0 Å². The van der Waals surface area contributed by atoms with Gasteiger partial charge < -0.3 is 19.5 Å². The van der Waals surface area contributed by atoms with Crippen LogP contribution in [-0.4, -0.2) is 52.6 Å². The van der Waals surface area contributed by atoms with Crippen molar-refractivity contribution < 1.29 is 19.0 Å². The number of nitrogens with one attached hydrogen (secondary N) is 1. The van der Waals surface area contributed by atoms with E-state index in [4.69, 9.17) is 14.2 Å². The predicted molar refractivity (Wildman–Crippen MR) is 112 cm³/mol. The van der Waals surface area contributed by atoms with Gasteiger partial charge in [0.05, 0.1) is 19.8 Å². The number of esters is 1. The number of unbranched alkanes of at least 4 members (excludes halogenated alkanes) is 10. The zero-order valence-electron chi connectivity index (χ0n) is 18.1. The largest absolute Gasteiger partial charge is 0.463 e. The Kier molecular flexibility index (Phi) is 22.8. The van der Waals surface area contributed by atoms with Crippen LogP contribution in [-0.2, 0) is 19.0 Å². The summed E-state index contributed by atoms with van der Waals surface area (Å²) in [6, 6.07) is 0. The van der Waals surface area contributed by atoms with Crippen LogP contribution in [0.15, 0.2) is 0 Å². The summed E-state index contributed by atoms with van der Waals surface area (Å²) < 4.78 is 16.1. The van der Waals surface area contributed by atoms with E-state index in [0.29, 0.717) is 32.8 Å². The van der Waals surface area contributed by atoms with Crippen LogP contribution in [0.25, 0.3) is 0 Å². The molecule has 0 aliphatic heterocycles. The lowest BCUT2D eigenvalue weighted by molar-refractivity contribution is -0.145. The molecule has 0 saturated heterocycles. The first-order valence-corrected chi connectivity index (χ1v) is 11.3. The summed E-state index contributed by atoms with van der Waals surface area (Å²) in [5, 5.41) is 3.18. The number of carbonyl (C=O) groups is 1. The molecule has 0 bridgehead atoms. The first-order chi connectivity index (χ1) is 13.3. The van der Waals surface area contributed by atoms with Gasteiger partial charge >= 0.3 is 5.97 Å². The van der Waals surface area contributed by atoms with Gasteiger partial charge in [-0.15, -0.1) is 0 Å².